The molecule has 0 spiro atoms. The van der Waals surface area contributed by atoms with Crippen molar-refractivity contribution in [1.82, 2.24) is 10.2 Å². The Morgan fingerprint density at radius 2 is 1.94 bits per heavy atom. The van der Waals surface area contributed by atoms with E-state index in [2.05, 4.69) is 5.32 Å². The maximum absolute atomic E-state index is 12.5. The van der Waals surface area contributed by atoms with E-state index in [4.69, 9.17) is 0 Å². The van der Waals surface area contributed by atoms with Crippen LogP contribution in [-0.2, 0) is 4.79 Å². The standard InChI is InChI=1S/C11H19F3N2O2/c1-9(17)15-5-2-6-16-7-3-10(18,4-8-16)11(12,13)14/h18H,2-8H2,1H3,(H,15,17). The van der Waals surface area contributed by atoms with Crippen molar-refractivity contribution >= 4 is 5.91 Å². The molecule has 7 heteroatoms. The summed E-state index contributed by atoms with van der Waals surface area (Å²) < 4.78 is 37.6. The zero-order chi connectivity index (χ0) is 13.8. The fraction of sp³-hybridized carbons (Fsp3) is 0.909. The van der Waals surface area contributed by atoms with Crippen LogP contribution in [0.5, 0.6) is 0 Å². The first-order valence-corrected chi connectivity index (χ1v) is 6.00. The Hall–Kier alpha value is -0.820. The maximum Gasteiger partial charge on any atom is 0.417 e. The summed E-state index contributed by atoms with van der Waals surface area (Å²) in [6.07, 6.45) is -4.41. The number of rotatable bonds is 4. The van der Waals surface area contributed by atoms with Gasteiger partial charge in [-0.1, -0.05) is 0 Å². The molecule has 1 fully saturated rings. The lowest BCUT2D eigenvalue weighted by Crippen LogP contribution is -2.53. The summed E-state index contributed by atoms with van der Waals surface area (Å²) in [4.78, 5) is 12.5. The van der Waals surface area contributed by atoms with Gasteiger partial charge in [0.15, 0.2) is 5.60 Å². The Labute approximate surface area is 104 Å². The maximum atomic E-state index is 12.5. The van der Waals surface area contributed by atoms with Crippen LogP contribution in [0.15, 0.2) is 0 Å². The first-order valence-electron chi connectivity index (χ1n) is 6.00. The Morgan fingerprint density at radius 3 is 2.39 bits per heavy atom. The third-order valence-corrected chi connectivity index (χ3v) is 3.24. The predicted octanol–water partition coefficient (Wildman–Crippen LogP) is 0.902. The molecule has 1 heterocycles. The van der Waals surface area contributed by atoms with Crippen molar-refractivity contribution in [3.63, 3.8) is 0 Å². The summed E-state index contributed by atoms with van der Waals surface area (Å²) in [6, 6.07) is 0. The number of carbonyl (C=O) groups is 1. The third-order valence-electron chi connectivity index (χ3n) is 3.24. The quantitative estimate of drug-likeness (QED) is 0.745. The first kappa shape index (κ1) is 15.2. The second kappa shape index (κ2) is 5.88. The van der Waals surface area contributed by atoms with Gasteiger partial charge in [0.2, 0.25) is 5.91 Å². The van der Waals surface area contributed by atoms with Crippen LogP contribution in [0, 0.1) is 0 Å². The molecular weight excluding hydrogens is 249 g/mol. The highest BCUT2D eigenvalue weighted by atomic mass is 19.4. The molecule has 0 unspecified atom stereocenters. The van der Waals surface area contributed by atoms with Crippen LogP contribution in [-0.4, -0.2) is 53.9 Å². The van der Waals surface area contributed by atoms with Gasteiger partial charge in [0.25, 0.3) is 0 Å². The van der Waals surface area contributed by atoms with Gasteiger partial charge in [-0.15, -0.1) is 0 Å². The zero-order valence-corrected chi connectivity index (χ0v) is 10.4. The summed E-state index contributed by atoms with van der Waals surface area (Å²) >= 11 is 0. The summed E-state index contributed by atoms with van der Waals surface area (Å²) in [5.74, 6) is -0.111. The SMILES string of the molecule is CC(=O)NCCCN1CCC(O)(C(F)(F)F)CC1. The number of amides is 1. The van der Waals surface area contributed by atoms with Gasteiger partial charge in [0.1, 0.15) is 0 Å². The van der Waals surface area contributed by atoms with E-state index in [1.54, 1.807) is 0 Å². The molecule has 18 heavy (non-hydrogen) atoms. The highest BCUT2D eigenvalue weighted by molar-refractivity contribution is 5.72. The molecule has 0 aromatic heterocycles. The molecule has 1 aliphatic rings. The average Bonchev–Trinajstić information content (AvgIpc) is 2.25. The minimum absolute atomic E-state index is 0.111. The van der Waals surface area contributed by atoms with Crippen LogP contribution in [0.2, 0.25) is 0 Å². The molecule has 2 N–H and O–H groups in total. The highest BCUT2D eigenvalue weighted by Gasteiger charge is 2.54. The lowest BCUT2D eigenvalue weighted by molar-refractivity contribution is -0.272. The molecule has 0 bridgehead atoms. The molecule has 1 aliphatic heterocycles. The number of hydrogen-bond donors (Lipinski definition) is 2. The van der Waals surface area contributed by atoms with Gasteiger partial charge in [0, 0.05) is 26.6 Å². The van der Waals surface area contributed by atoms with Crippen molar-refractivity contribution in [2.45, 2.75) is 38.0 Å². The van der Waals surface area contributed by atoms with Gasteiger partial charge in [-0.25, -0.2) is 0 Å². The summed E-state index contributed by atoms with van der Waals surface area (Å²) in [5, 5.41) is 12.1. The number of likely N-dealkylation sites (tertiary alicyclic amines) is 1. The van der Waals surface area contributed by atoms with E-state index in [-0.39, 0.29) is 31.8 Å². The van der Waals surface area contributed by atoms with E-state index in [1.165, 1.54) is 6.92 Å². The predicted molar refractivity (Wildman–Crippen MR) is 60.0 cm³/mol. The number of aliphatic hydroxyl groups is 1. The fourth-order valence-corrected chi connectivity index (χ4v) is 2.00. The summed E-state index contributed by atoms with van der Waals surface area (Å²) in [6.45, 7) is 3.04. The van der Waals surface area contributed by atoms with Crippen LogP contribution in [0.25, 0.3) is 0 Å². The molecule has 1 amide bonds. The molecule has 1 rings (SSSR count). The number of piperidine rings is 1. The van der Waals surface area contributed by atoms with Crippen molar-refractivity contribution in [2.24, 2.45) is 0 Å². The second-order valence-electron chi connectivity index (χ2n) is 4.71. The Kier molecular flexibility index (Phi) is 4.98. The zero-order valence-electron chi connectivity index (χ0n) is 10.4. The summed E-state index contributed by atoms with van der Waals surface area (Å²) in [5.41, 5.74) is -2.53. The third kappa shape index (κ3) is 4.13. The summed E-state index contributed by atoms with van der Waals surface area (Å²) in [7, 11) is 0. The molecule has 0 saturated carbocycles. The van der Waals surface area contributed by atoms with Crippen LogP contribution in [0.4, 0.5) is 13.2 Å². The Balaban J connectivity index is 2.25. The van der Waals surface area contributed by atoms with Crippen LogP contribution in [0.3, 0.4) is 0 Å². The molecular formula is C11H19F3N2O2. The van der Waals surface area contributed by atoms with Gasteiger partial charge in [-0.2, -0.15) is 13.2 Å². The Morgan fingerprint density at radius 1 is 1.39 bits per heavy atom. The van der Waals surface area contributed by atoms with E-state index in [0.29, 0.717) is 19.5 Å². The normalized spacial score (nSPS) is 20.7. The van der Waals surface area contributed by atoms with Gasteiger partial charge < -0.3 is 15.3 Å². The number of hydrogen-bond acceptors (Lipinski definition) is 3. The molecule has 0 atom stereocenters. The van der Waals surface area contributed by atoms with Gasteiger partial charge in [-0.05, 0) is 25.8 Å². The average molecular weight is 268 g/mol. The van der Waals surface area contributed by atoms with E-state index < -0.39 is 11.8 Å². The second-order valence-corrected chi connectivity index (χ2v) is 4.71. The van der Waals surface area contributed by atoms with Crippen molar-refractivity contribution < 1.29 is 23.1 Å². The van der Waals surface area contributed by atoms with Crippen molar-refractivity contribution in [3.05, 3.63) is 0 Å². The van der Waals surface area contributed by atoms with Gasteiger partial charge in [-0.3, -0.25) is 4.79 Å². The molecule has 106 valence electrons. The topological polar surface area (TPSA) is 52.6 Å². The van der Waals surface area contributed by atoms with E-state index >= 15 is 0 Å². The minimum Gasteiger partial charge on any atom is -0.380 e. The minimum atomic E-state index is -4.55. The molecule has 0 aromatic carbocycles. The Bertz CT molecular complexity index is 287. The van der Waals surface area contributed by atoms with Gasteiger partial charge in [0.05, 0.1) is 0 Å². The lowest BCUT2D eigenvalue weighted by atomic mass is 9.91. The van der Waals surface area contributed by atoms with Crippen molar-refractivity contribution in [1.29, 1.82) is 0 Å². The molecule has 0 radical (unpaired) electrons. The van der Waals surface area contributed by atoms with Crippen LogP contribution >= 0.6 is 0 Å². The molecule has 1 saturated heterocycles. The fourth-order valence-electron chi connectivity index (χ4n) is 2.00. The number of nitrogens with zero attached hydrogens (tertiary/aromatic N) is 1. The van der Waals surface area contributed by atoms with E-state index in [0.717, 1.165) is 0 Å². The van der Waals surface area contributed by atoms with Crippen LogP contribution in [0.1, 0.15) is 26.2 Å². The molecule has 0 aromatic rings. The van der Waals surface area contributed by atoms with Crippen LogP contribution < -0.4 is 5.32 Å². The number of nitrogens with one attached hydrogen (secondary N) is 1. The largest absolute Gasteiger partial charge is 0.417 e. The van der Waals surface area contributed by atoms with Crippen molar-refractivity contribution in [3.8, 4) is 0 Å². The van der Waals surface area contributed by atoms with E-state index in [1.807, 2.05) is 4.90 Å². The smallest absolute Gasteiger partial charge is 0.380 e. The highest BCUT2D eigenvalue weighted by Crippen LogP contribution is 2.38. The van der Waals surface area contributed by atoms with Crippen molar-refractivity contribution in [2.75, 3.05) is 26.2 Å². The molecule has 0 aliphatic carbocycles. The number of halogens is 3. The lowest BCUT2D eigenvalue weighted by Gasteiger charge is -2.39. The van der Waals surface area contributed by atoms with E-state index in [9.17, 15) is 23.1 Å². The first-order chi connectivity index (χ1) is 8.24. The number of alkyl halides is 3. The van der Waals surface area contributed by atoms with Gasteiger partial charge >= 0.3 is 6.18 Å². The molecule has 4 nitrogen and oxygen atoms in total. The monoisotopic (exact) mass is 268 g/mol. The number of carbonyl (C=O) groups excluding carboxylic acids is 1.